The summed E-state index contributed by atoms with van der Waals surface area (Å²) in [5.41, 5.74) is 2.21. The molecule has 5 amide bonds. The van der Waals surface area contributed by atoms with Gasteiger partial charge in [0.15, 0.2) is 0 Å². The number of ether oxygens (including phenoxy) is 1. The molecule has 1 aliphatic heterocycles. The van der Waals surface area contributed by atoms with Gasteiger partial charge in [0.2, 0.25) is 0 Å². The summed E-state index contributed by atoms with van der Waals surface area (Å²) in [6.07, 6.45) is -0.341. The molecule has 0 spiro atoms. The number of benzene rings is 2. The Kier molecular flexibility index (Phi) is 6.01. The number of nitrogens with one attached hydrogen (secondary N) is 3. The predicted octanol–water partition coefficient (Wildman–Crippen LogP) is 2.76. The fraction of sp³-hybridized carbons (Fsp3) is 0.238. The van der Waals surface area contributed by atoms with Crippen LogP contribution in [0.25, 0.3) is 0 Å². The van der Waals surface area contributed by atoms with E-state index in [1.165, 1.54) is 12.1 Å². The molecule has 9 heteroatoms. The van der Waals surface area contributed by atoms with Crippen LogP contribution in [0, 0.1) is 0 Å². The lowest BCUT2D eigenvalue weighted by atomic mass is 9.87. The topological polar surface area (TPSA) is 117 Å². The molecular weight excluding hydrogens is 388 g/mol. The second-order valence-electron chi connectivity index (χ2n) is 6.56. The standard InChI is InChI=1S/C21H22N4O5/c1-3-21(15-10-6-5-7-11-15)18(27)25(19(28)23-21)24-17(26)14-9-8-12-16(13-14)22-20(29)30-4-2/h5-13H,3-4H2,1-2H3,(H,22,29)(H,23,28)(H,24,26)/t21-/m0/s1. The highest BCUT2D eigenvalue weighted by molar-refractivity contribution is 6.09. The van der Waals surface area contributed by atoms with Gasteiger partial charge in [0, 0.05) is 11.3 Å². The fourth-order valence-electron chi connectivity index (χ4n) is 3.23. The first-order valence-electron chi connectivity index (χ1n) is 9.48. The SMILES string of the molecule is CCOC(=O)Nc1cccc(C(=O)NN2C(=O)N[C@@](CC)(c3ccccc3)C2=O)c1. The van der Waals surface area contributed by atoms with Gasteiger partial charge in [-0.05, 0) is 37.1 Å². The first-order valence-corrected chi connectivity index (χ1v) is 9.48. The average Bonchev–Trinajstić information content (AvgIpc) is 2.99. The van der Waals surface area contributed by atoms with Gasteiger partial charge in [-0.25, -0.2) is 9.59 Å². The van der Waals surface area contributed by atoms with Crippen LogP contribution in [0.3, 0.4) is 0 Å². The van der Waals surface area contributed by atoms with E-state index in [2.05, 4.69) is 16.1 Å². The molecule has 1 atom stereocenters. The lowest BCUT2D eigenvalue weighted by Gasteiger charge is -2.25. The lowest BCUT2D eigenvalue weighted by Crippen LogP contribution is -2.48. The maximum Gasteiger partial charge on any atom is 0.411 e. The summed E-state index contributed by atoms with van der Waals surface area (Å²) in [4.78, 5) is 49.8. The van der Waals surface area contributed by atoms with Gasteiger partial charge in [0.25, 0.3) is 11.8 Å². The number of carbonyl (C=O) groups is 4. The summed E-state index contributed by atoms with van der Waals surface area (Å²) >= 11 is 0. The Morgan fingerprint density at radius 2 is 1.80 bits per heavy atom. The molecule has 1 saturated heterocycles. The van der Waals surface area contributed by atoms with E-state index in [0.29, 0.717) is 22.7 Å². The van der Waals surface area contributed by atoms with Gasteiger partial charge in [-0.1, -0.05) is 43.3 Å². The molecule has 1 heterocycles. The molecule has 0 saturated carbocycles. The summed E-state index contributed by atoms with van der Waals surface area (Å²) in [6, 6.07) is 14.2. The molecule has 9 nitrogen and oxygen atoms in total. The van der Waals surface area contributed by atoms with Gasteiger partial charge in [-0.15, -0.1) is 0 Å². The van der Waals surface area contributed by atoms with Crippen molar-refractivity contribution in [2.24, 2.45) is 0 Å². The van der Waals surface area contributed by atoms with Gasteiger partial charge in [0.1, 0.15) is 5.54 Å². The molecule has 0 bridgehead atoms. The quantitative estimate of drug-likeness (QED) is 0.633. The van der Waals surface area contributed by atoms with Crippen molar-refractivity contribution in [3.8, 4) is 0 Å². The van der Waals surface area contributed by atoms with E-state index in [9.17, 15) is 19.2 Å². The Bertz CT molecular complexity index is 978. The monoisotopic (exact) mass is 410 g/mol. The van der Waals surface area contributed by atoms with Crippen molar-refractivity contribution in [3.63, 3.8) is 0 Å². The number of rotatable bonds is 6. The number of hydrazine groups is 1. The average molecular weight is 410 g/mol. The second-order valence-corrected chi connectivity index (χ2v) is 6.56. The van der Waals surface area contributed by atoms with Gasteiger partial charge >= 0.3 is 12.1 Å². The van der Waals surface area contributed by atoms with Crippen molar-refractivity contribution < 1.29 is 23.9 Å². The van der Waals surface area contributed by atoms with Crippen LogP contribution in [0.5, 0.6) is 0 Å². The highest BCUT2D eigenvalue weighted by atomic mass is 16.5. The van der Waals surface area contributed by atoms with Crippen molar-refractivity contribution in [2.75, 3.05) is 11.9 Å². The number of anilines is 1. The Morgan fingerprint density at radius 3 is 2.47 bits per heavy atom. The summed E-state index contributed by atoms with van der Waals surface area (Å²) in [7, 11) is 0. The van der Waals surface area contributed by atoms with Crippen molar-refractivity contribution in [1.29, 1.82) is 0 Å². The highest BCUT2D eigenvalue weighted by Gasteiger charge is 2.52. The van der Waals surface area contributed by atoms with Crippen LogP contribution < -0.4 is 16.1 Å². The van der Waals surface area contributed by atoms with Crippen molar-refractivity contribution in [2.45, 2.75) is 25.8 Å². The molecule has 2 aromatic carbocycles. The molecule has 2 aromatic rings. The van der Waals surface area contributed by atoms with E-state index in [4.69, 9.17) is 4.74 Å². The minimum Gasteiger partial charge on any atom is -0.450 e. The van der Waals surface area contributed by atoms with Crippen LogP contribution in [-0.2, 0) is 15.1 Å². The third-order valence-corrected chi connectivity index (χ3v) is 4.75. The molecule has 3 N–H and O–H groups in total. The first kappa shape index (κ1) is 20.8. The molecule has 156 valence electrons. The maximum atomic E-state index is 13.1. The minimum atomic E-state index is -1.25. The van der Waals surface area contributed by atoms with E-state index in [-0.39, 0.29) is 12.2 Å². The number of amides is 5. The minimum absolute atomic E-state index is 0.151. The van der Waals surface area contributed by atoms with Crippen molar-refractivity contribution in [3.05, 3.63) is 65.7 Å². The smallest absolute Gasteiger partial charge is 0.411 e. The largest absolute Gasteiger partial charge is 0.450 e. The maximum absolute atomic E-state index is 13.1. The fourth-order valence-corrected chi connectivity index (χ4v) is 3.23. The van der Waals surface area contributed by atoms with E-state index in [1.54, 1.807) is 50.2 Å². The third kappa shape index (κ3) is 3.95. The van der Waals surface area contributed by atoms with Crippen LogP contribution in [0.15, 0.2) is 54.6 Å². The summed E-state index contributed by atoms with van der Waals surface area (Å²) in [5.74, 6) is -1.25. The molecule has 1 fully saturated rings. The van der Waals surface area contributed by atoms with E-state index in [1.807, 2.05) is 6.07 Å². The summed E-state index contributed by atoms with van der Waals surface area (Å²) < 4.78 is 4.80. The normalized spacial score (nSPS) is 18.0. The van der Waals surface area contributed by atoms with E-state index >= 15 is 0 Å². The number of hydrogen-bond donors (Lipinski definition) is 3. The summed E-state index contributed by atoms with van der Waals surface area (Å²) in [5, 5.41) is 5.87. The van der Waals surface area contributed by atoms with Crippen LogP contribution in [0.2, 0.25) is 0 Å². The number of imide groups is 1. The zero-order valence-electron chi connectivity index (χ0n) is 16.6. The molecule has 0 aliphatic carbocycles. The molecule has 0 aromatic heterocycles. The number of urea groups is 1. The van der Waals surface area contributed by atoms with E-state index < -0.39 is 29.5 Å². The molecule has 1 aliphatic rings. The molecule has 3 rings (SSSR count). The van der Waals surface area contributed by atoms with Crippen LogP contribution >= 0.6 is 0 Å². The van der Waals surface area contributed by atoms with Crippen molar-refractivity contribution >= 4 is 29.6 Å². The molecule has 30 heavy (non-hydrogen) atoms. The van der Waals surface area contributed by atoms with Gasteiger partial charge in [0.05, 0.1) is 6.61 Å². The number of hydrogen-bond acceptors (Lipinski definition) is 5. The zero-order chi connectivity index (χ0) is 21.7. The first-order chi connectivity index (χ1) is 14.4. The molecular formula is C21H22N4O5. The molecule has 0 unspecified atom stereocenters. The number of nitrogens with zero attached hydrogens (tertiary/aromatic N) is 1. The molecule has 0 radical (unpaired) electrons. The number of carbonyl (C=O) groups excluding carboxylic acids is 4. The zero-order valence-corrected chi connectivity index (χ0v) is 16.6. The summed E-state index contributed by atoms with van der Waals surface area (Å²) in [6.45, 7) is 3.66. The van der Waals surface area contributed by atoms with Crippen molar-refractivity contribution in [1.82, 2.24) is 15.8 Å². The van der Waals surface area contributed by atoms with Crippen LogP contribution in [-0.4, -0.2) is 35.6 Å². The van der Waals surface area contributed by atoms with Crippen LogP contribution in [0.4, 0.5) is 15.3 Å². The lowest BCUT2D eigenvalue weighted by molar-refractivity contribution is -0.133. The predicted molar refractivity (Wildman–Crippen MR) is 108 cm³/mol. The van der Waals surface area contributed by atoms with Gasteiger partial charge in [-0.3, -0.25) is 20.3 Å². The van der Waals surface area contributed by atoms with Crippen LogP contribution in [0.1, 0.15) is 36.2 Å². The highest BCUT2D eigenvalue weighted by Crippen LogP contribution is 2.31. The Morgan fingerprint density at radius 1 is 1.07 bits per heavy atom. The Labute approximate surface area is 173 Å². The Hall–Kier alpha value is -3.88. The van der Waals surface area contributed by atoms with Gasteiger partial charge < -0.3 is 10.1 Å². The van der Waals surface area contributed by atoms with Gasteiger partial charge in [-0.2, -0.15) is 5.01 Å². The second kappa shape index (κ2) is 8.64. The van der Waals surface area contributed by atoms with E-state index in [0.717, 1.165) is 0 Å². The third-order valence-electron chi connectivity index (χ3n) is 4.75. The Balaban J connectivity index is 1.78.